The molecule has 0 unspecified atom stereocenters. The van der Waals surface area contributed by atoms with Crippen LogP contribution in [-0.2, 0) is 41.3 Å². The fourth-order valence-corrected chi connectivity index (χ4v) is 16.4. The molecule has 3 amide bonds. The van der Waals surface area contributed by atoms with E-state index in [-0.39, 0.29) is 55.1 Å². The first-order valence-corrected chi connectivity index (χ1v) is 35.2. The second-order valence-corrected chi connectivity index (χ2v) is 29.8. The van der Waals surface area contributed by atoms with Gasteiger partial charge in [-0.1, -0.05) is 53.5 Å². The lowest BCUT2D eigenvalue weighted by Crippen LogP contribution is -2.61. The summed E-state index contributed by atoms with van der Waals surface area (Å²) in [5.74, 6) is -0.290. The molecule has 2 N–H and O–H groups in total. The largest absolute Gasteiger partial charge is 0.496 e. The predicted octanol–water partition coefficient (Wildman–Crippen LogP) is 13.8. The number of aromatic nitrogens is 4. The minimum Gasteiger partial charge on any atom is -0.496 e. The van der Waals surface area contributed by atoms with Gasteiger partial charge in [0.1, 0.15) is 17.3 Å². The highest BCUT2D eigenvalue weighted by Gasteiger charge is 2.51. The van der Waals surface area contributed by atoms with Crippen LogP contribution in [0, 0.1) is 17.7 Å². The molecule has 17 nitrogen and oxygen atoms in total. The molecule has 0 radical (unpaired) electrons. The molecule has 6 aromatic rings. The SMILES string of the molecule is CC(C)CNc1ncccc1C(=O)N1CCC2(CC1)c1ccc(C(F)(F)F)n1CCN2C.CN1CCn2c(C(=O)C(F)(F)F)ccc2C12CCN(C(=O)c1ccc(OCC3CC3)c(F)c1)CC2.COc1cc(C(=O)N2CCC3(CC2)N[C@H]2CCCC[C@@H]2n2cccc23)ccc1C(C)(C)C.[HH].[HH]. The summed E-state index contributed by atoms with van der Waals surface area (Å²) in [5, 5.41) is 7.33. The summed E-state index contributed by atoms with van der Waals surface area (Å²) in [6.45, 7) is 16.7. The lowest BCUT2D eigenvalue weighted by atomic mass is 9.77. The van der Waals surface area contributed by atoms with Crippen LogP contribution in [0.15, 0.2) is 97.3 Å². The number of nitrogens with zero attached hydrogens (tertiary/aromatic N) is 9. The lowest BCUT2D eigenvalue weighted by molar-refractivity contribution is -0.144. The van der Waals surface area contributed by atoms with E-state index in [0.717, 1.165) is 55.6 Å². The molecule has 2 aliphatic carbocycles. The number of hydrogen-bond acceptors (Lipinski definition) is 11. The van der Waals surface area contributed by atoms with Crippen molar-refractivity contribution < 1.29 is 62.2 Å². The quantitative estimate of drug-likeness (QED) is 0.0941. The minimum atomic E-state index is -4.94. The van der Waals surface area contributed by atoms with E-state index in [1.165, 1.54) is 64.8 Å². The number of alkyl halides is 6. The third-order valence-electron chi connectivity index (χ3n) is 22.3. The van der Waals surface area contributed by atoms with Crippen LogP contribution < -0.4 is 20.1 Å². The molecular formula is C75H98F7N11O6. The van der Waals surface area contributed by atoms with Crippen LogP contribution in [0.25, 0.3) is 0 Å². The van der Waals surface area contributed by atoms with Crippen molar-refractivity contribution in [1.82, 2.24) is 48.5 Å². The first-order chi connectivity index (χ1) is 47.1. The van der Waals surface area contributed by atoms with Crippen molar-refractivity contribution in [3.8, 4) is 11.5 Å². The van der Waals surface area contributed by atoms with E-state index in [9.17, 15) is 49.9 Å². The van der Waals surface area contributed by atoms with Crippen molar-refractivity contribution in [1.29, 1.82) is 0 Å². The number of halogens is 7. The van der Waals surface area contributed by atoms with Crippen LogP contribution >= 0.6 is 0 Å². The van der Waals surface area contributed by atoms with Crippen molar-refractivity contribution in [2.45, 2.75) is 171 Å². The van der Waals surface area contributed by atoms with Gasteiger partial charge in [-0.05, 0) is 180 Å². The fraction of sp³-hybridized carbons (Fsp3) is 0.560. The molecular weight excluding hydrogens is 1280 g/mol. The van der Waals surface area contributed by atoms with Crippen molar-refractivity contribution >= 4 is 29.3 Å². The van der Waals surface area contributed by atoms with Crippen LogP contribution in [0.4, 0.5) is 36.6 Å². The molecule has 8 aliphatic rings. The van der Waals surface area contributed by atoms with Crippen LogP contribution in [0.1, 0.15) is 190 Å². The first-order valence-electron chi connectivity index (χ1n) is 35.2. The molecule has 2 saturated carbocycles. The number of nitrogens with one attached hydrogen (secondary N) is 2. The molecule has 4 aromatic heterocycles. The first kappa shape index (κ1) is 71.1. The van der Waals surface area contributed by atoms with Gasteiger partial charge in [-0.2, -0.15) is 26.3 Å². The third-order valence-corrected chi connectivity index (χ3v) is 22.3. The Balaban J connectivity index is 0.000000162. The van der Waals surface area contributed by atoms with E-state index in [2.05, 4.69) is 89.0 Å². The van der Waals surface area contributed by atoms with E-state index < -0.39 is 40.7 Å². The number of ether oxygens (including phenoxy) is 2. The Morgan fingerprint density at radius 2 is 1.24 bits per heavy atom. The summed E-state index contributed by atoms with van der Waals surface area (Å²) in [5.41, 5.74) is 3.35. The van der Waals surface area contributed by atoms with Gasteiger partial charge in [-0.15, -0.1) is 0 Å². The van der Waals surface area contributed by atoms with Gasteiger partial charge < -0.3 is 48.5 Å². The average Bonchev–Trinajstić information content (AvgIpc) is 1.69. The Bertz CT molecular complexity index is 3930. The number of likely N-dealkylation sites (N-methyl/N-ethyl adjacent to an activating group) is 2. The number of hydrogen-bond donors (Lipinski definition) is 2. The number of anilines is 1. The molecule has 6 aliphatic heterocycles. The summed E-state index contributed by atoms with van der Waals surface area (Å²) in [7, 11) is 5.57. The number of Topliss-reactive ketones (excluding diaryl/α,β-unsaturated/α-hetero) is 1. The van der Waals surface area contributed by atoms with Crippen molar-refractivity contribution in [3.63, 3.8) is 0 Å². The number of amides is 3. The monoisotopic (exact) mass is 1380 g/mol. The van der Waals surface area contributed by atoms with Gasteiger partial charge in [0.15, 0.2) is 11.6 Å². The van der Waals surface area contributed by atoms with Crippen LogP contribution in [0.2, 0.25) is 0 Å². The number of likely N-dealkylation sites (tertiary alicyclic amines) is 3. The molecule has 24 heteroatoms. The number of pyridine rings is 1. The number of piperidine rings is 3. The molecule has 3 spiro atoms. The molecule has 99 heavy (non-hydrogen) atoms. The van der Waals surface area contributed by atoms with Crippen molar-refractivity contribution in [2.24, 2.45) is 11.8 Å². The highest BCUT2D eigenvalue weighted by atomic mass is 19.4. The highest BCUT2D eigenvalue weighted by molar-refractivity contribution is 6.00. The maximum absolute atomic E-state index is 14.5. The van der Waals surface area contributed by atoms with E-state index in [1.807, 2.05) is 31.1 Å². The Labute approximate surface area is 578 Å². The van der Waals surface area contributed by atoms with Crippen LogP contribution in [0.3, 0.4) is 0 Å². The Morgan fingerprint density at radius 1 is 0.657 bits per heavy atom. The minimum absolute atomic E-state index is 0. The van der Waals surface area contributed by atoms with Crippen molar-refractivity contribution in [3.05, 3.63) is 154 Å². The lowest BCUT2D eigenvalue weighted by Gasteiger charge is -2.52. The number of methoxy groups -OCH3 is 1. The van der Waals surface area contributed by atoms with E-state index in [0.29, 0.717) is 131 Å². The Morgan fingerprint density at radius 3 is 1.84 bits per heavy atom. The number of ketones is 1. The molecule has 2 atom stereocenters. The van der Waals surface area contributed by atoms with Crippen LogP contribution in [0.5, 0.6) is 11.5 Å². The summed E-state index contributed by atoms with van der Waals surface area (Å²) in [4.78, 5) is 65.7. The van der Waals surface area contributed by atoms with E-state index in [4.69, 9.17) is 9.47 Å². The fourth-order valence-electron chi connectivity index (χ4n) is 16.4. The van der Waals surface area contributed by atoms with Gasteiger partial charge in [0, 0.05) is 128 Å². The summed E-state index contributed by atoms with van der Waals surface area (Å²) in [6, 6.07) is 25.0. The maximum Gasteiger partial charge on any atom is 0.456 e. The van der Waals surface area contributed by atoms with Crippen LogP contribution in [-0.4, -0.2) is 166 Å². The number of rotatable bonds is 11. The van der Waals surface area contributed by atoms with Gasteiger partial charge in [-0.3, -0.25) is 29.0 Å². The normalized spacial score (nSPS) is 21.2. The van der Waals surface area contributed by atoms with Crippen molar-refractivity contribution in [2.75, 3.05) is 92.0 Å². The number of fused-ring (bicyclic) bond motifs is 8. The number of benzene rings is 2. The molecule has 2 aromatic carbocycles. The Hall–Kier alpha value is -7.70. The molecule has 10 heterocycles. The molecule has 14 rings (SSSR count). The van der Waals surface area contributed by atoms with E-state index in [1.54, 1.807) is 53.4 Å². The van der Waals surface area contributed by atoms with E-state index >= 15 is 0 Å². The number of carbonyl (C=O) groups excluding carboxylic acids is 4. The molecule has 3 saturated heterocycles. The summed E-state index contributed by atoms with van der Waals surface area (Å²) < 4.78 is 111. The second-order valence-electron chi connectivity index (χ2n) is 29.8. The topological polar surface area (TPSA) is 155 Å². The smallest absolute Gasteiger partial charge is 0.456 e. The molecule has 0 bridgehead atoms. The highest BCUT2D eigenvalue weighted by Crippen LogP contribution is 2.48. The van der Waals surface area contributed by atoms with Gasteiger partial charge in [0.2, 0.25) is 0 Å². The zero-order valence-corrected chi connectivity index (χ0v) is 58.1. The maximum atomic E-state index is 14.5. The zero-order valence-electron chi connectivity index (χ0n) is 58.1. The zero-order chi connectivity index (χ0) is 70.6. The molecule has 5 fully saturated rings. The summed E-state index contributed by atoms with van der Waals surface area (Å²) in [6.07, 6.45) is 6.07. The predicted molar refractivity (Wildman–Crippen MR) is 367 cm³/mol. The Kier molecular flexibility index (Phi) is 20.1. The molecule has 538 valence electrons. The van der Waals surface area contributed by atoms with Gasteiger partial charge in [-0.25, -0.2) is 9.37 Å². The second kappa shape index (κ2) is 28.0. The summed E-state index contributed by atoms with van der Waals surface area (Å²) >= 11 is 0. The van der Waals surface area contributed by atoms with Gasteiger partial charge in [0.25, 0.3) is 23.5 Å². The van der Waals surface area contributed by atoms with Gasteiger partial charge >= 0.3 is 12.4 Å². The standard InChI is InChI=1S/C27H37N3O2.C25H27F4N3O3.C23H30F3N5O.2H2/c1-26(2,3)20-12-11-19(18-23(20)32-4)25(31)29-16-13-27(14-17-29)24-10-7-15-30(24)22-9-6-5-8-21(22)28-27;1-30-12-13-32-19(22(33)25(27,28)29)5-7-21(32)24(30)8-10-31(11-9-24)23(34)17-4-6-20(18(26)14-17)35-15-16-2-3-16;1-16(2)15-28-20-17(5-4-10-27-20)21(32)30-11-8-22(9-12-30)18-6-7-19(23(24,25)26)31(18)14-13-29(22)3;;/h7,10-12,15,18,21-22,28H,5-6,8-9,13-14,16-17H2,1-4H3;4-7,14,16H,2-3,8-13,15H2,1H3;4-7,10,16H,8-9,11-15H2,1-3H3,(H,27,28);2*1H/t21-,22-;;;;/m0..../s1. The van der Waals surface area contributed by atoms with Gasteiger partial charge in [0.05, 0.1) is 41.6 Å². The number of carbonyl (C=O) groups is 4. The average molecular weight is 1380 g/mol. The third kappa shape index (κ3) is 14.2.